The molecule has 1 N–H and O–H groups in total. The zero-order valence-corrected chi connectivity index (χ0v) is 9.55. The van der Waals surface area contributed by atoms with E-state index in [1.54, 1.807) is 0 Å². The number of hydrogen-bond acceptors (Lipinski definition) is 1. The molecule has 0 amide bonds. The molecule has 0 unspecified atom stereocenters. The van der Waals surface area contributed by atoms with E-state index in [9.17, 15) is 4.79 Å². The van der Waals surface area contributed by atoms with Crippen LogP contribution >= 0.6 is 0 Å². The fourth-order valence-electron chi connectivity index (χ4n) is 2.47. The summed E-state index contributed by atoms with van der Waals surface area (Å²) < 4.78 is 0. The normalized spacial score (nSPS) is 28.8. The second-order valence-corrected chi connectivity index (χ2v) is 5.15. The Labute approximate surface area is 86.7 Å². The van der Waals surface area contributed by atoms with Crippen LogP contribution in [-0.2, 0) is 4.79 Å². The Bertz CT molecular complexity index is 200. The Morgan fingerprint density at radius 2 is 1.79 bits per heavy atom. The van der Waals surface area contributed by atoms with Crippen LogP contribution in [0.3, 0.4) is 0 Å². The van der Waals surface area contributed by atoms with Crippen LogP contribution in [0.25, 0.3) is 0 Å². The molecule has 0 spiro atoms. The molecule has 0 bridgehead atoms. The van der Waals surface area contributed by atoms with Crippen molar-refractivity contribution in [3.8, 4) is 0 Å². The van der Waals surface area contributed by atoms with E-state index in [2.05, 4.69) is 6.92 Å². The summed E-state index contributed by atoms with van der Waals surface area (Å²) in [5.74, 6) is 0.580. The summed E-state index contributed by atoms with van der Waals surface area (Å²) >= 11 is 0. The molecule has 82 valence electrons. The Hall–Kier alpha value is -0.530. The number of carbonyl (C=O) groups is 1. The standard InChI is InChI=1S/C12H22O2/c1-4-9-5-7-10(8-6-9)12(2,3)11(13)14/h9-10H,4-8H2,1-3H3,(H,13,14). The zero-order valence-electron chi connectivity index (χ0n) is 9.55. The lowest BCUT2D eigenvalue weighted by molar-refractivity contribution is -0.151. The minimum absolute atomic E-state index is 0.378. The number of hydrogen-bond donors (Lipinski definition) is 1. The van der Waals surface area contributed by atoms with Crippen molar-refractivity contribution in [2.24, 2.45) is 17.3 Å². The average Bonchev–Trinajstić information content (AvgIpc) is 2.17. The number of carboxylic acids is 1. The molecular formula is C12H22O2. The molecule has 0 aromatic heterocycles. The van der Waals surface area contributed by atoms with Gasteiger partial charge in [0.25, 0.3) is 0 Å². The Morgan fingerprint density at radius 1 is 1.29 bits per heavy atom. The van der Waals surface area contributed by atoms with Crippen molar-refractivity contribution in [2.45, 2.75) is 52.9 Å². The molecular weight excluding hydrogens is 176 g/mol. The summed E-state index contributed by atoms with van der Waals surface area (Å²) in [7, 11) is 0. The average molecular weight is 198 g/mol. The maximum Gasteiger partial charge on any atom is 0.309 e. The molecule has 1 aliphatic carbocycles. The van der Waals surface area contributed by atoms with E-state index < -0.39 is 11.4 Å². The van der Waals surface area contributed by atoms with E-state index in [1.807, 2.05) is 13.8 Å². The van der Waals surface area contributed by atoms with Gasteiger partial charge in [-0.2, -0.15) is 0 Å². The first-order valence-electron chi connectivity index (χ1n) is 5.71. The first-order chi connectivity index (χ1) is 6.48. The molecule has 0 aliphatic heterocycles. The van der Waals surface area contributed by atoms with E-state index >= 15 is 0 Å². The second-order valence-electron chi connectivity index (χ2n) is 5.15. The van der Waals surface area contributed by atoms with Gasteiger partial charge in [-0.3, -0.25) is 4.79 Å². The van der Waals surface area contributed by atoms with Crippen LogP contribution in [-0.4, -0.2) is 11.1 Å². The van der Waals surface area contributed by atoms with Gasteiger partial charge in [0.05, 0.1) is 5.41 Å². The molecule has 14 heavy (non-hydrogen) atoms. The van der Waals surface area contributed by atoms with Gasteiger partial charge in [0.1, 0.15) is 0 Å². The molecule has 2 nitrogen and oxygen atoms in total. The maximum absolute atomic E-state index is 11.1. The van der Waals surface area contributed by atoms with E-state index in [4.69, 9.17) is 5.11 Å². The van der Waals surface area contributed by atoms with Gasteiger partial charge in [-0.1, -0.05) is 26.2 Å². The number of aliphatic carboxylic acids is 1. The molecule has 2 heteroatoms. The quantitative estimate of drug-likeness (QED) is 0.755. The molecule has 0 aromatic rings. The van der Waals surface area contributed by atoms with Gasteiger partial charge in [-0.15, -0.1) is 0 Å². The highest BCUT2D eigenvalue weighted by molar-refractivity contribution is 5.74. The van der Waals surface area contributed by atoms with Crippen LogP contribution in [0.5, 0.6) is 0 Å². The van der Waals surface area contributed by atoms with Crippen LogP contribution < -0.4 is 0 Å². The van der Waals surface area contributed by atoms with Crippen LogP contribution in [0, 0.1) is 17.3 Å². The first kappa shape index (κ1) is 11.5. The van der Waals surface area contributed by atoms with Crippen molar-refractivity contribution in [3.05, 3.63) is 0 Å². The van der Waals surface area contributed by atoms with Gasteiger partial charge in [0.2, 0.25) is 0 Å². The lowest BCUT2D eigenvalue weighted by Gasteiger charge is -2.36. The third kappa shape index (κ3) is 2.28. The number of rotatable bonds is 3. The molecule has 0 atom stereocenters. The van der Waals surface area contributed by atoms with Gasteiger partial charge in [-0.05, 0) is 38.5 Å². The van der Waals surface area contributed by atoms with Crippen molar-refractivity contribution >= 4 is 5.97 Å². The zero-order chi connectivity index (χ0) is 10.8. The van der Waals surface area contributed by atoms with Crippen LogP contribution in [0.15, 0.2) is 0 Å². The smallest absolute Gasteiger partial charge is 0.309 e. The van der Waals surface area contributed by atoms with E-state index in [0.29, 0.717) is 5.92 Å². The third-order valence-corrected chi connectivity index (χ3v) is 4.00. The van der Waals surface area contributed by atoms with Gasteiger partial charge < -0.3 is 5.11 Å². The van der Waals surface area contributed by atoms with Crippen molar-refractivity contribution in [1.29, 1.82) is 0 Å². The molecule has 1 rings (SSSR count). The highest BCUT2D eigenvalue weighted by Gasteiger charge is 2.38. The molecule has 0 heterocycles. The van der Waals surface area contributed by atoms with Crippen LogP contribution in [0.2, 0.25) is 0 Å². The number of carboxylic acid groups (broad SMARTS) is 1. The predicted molar refractivity (Wildman–Crippen MR) is 57.2 cm³/mol. The van der Waals surface area contributed by atoms with Gasteiger partial charge in [-0.25, -0.2) is 0 Å². The first-order valence-corrected chi connectivity index (χ1v) is 5.71. The van der Waals surface area contributed by atoms with Gasteiger partial charge >= 0.3 is 5.97 Å². The SMILES string of the molecule is CCC1CCC(C(C)(C)C(=O)O)CC1. The predicted octanol–water partition coefficient (Wildman–Crippen LogP) is 3.31. The molecule has 1 fully saturated rings. The van der Waals surface area contributed by atoms with E-state index in [0.717, 1.165) is 18.8 Å². The summed E-state index contributed by atoms with van der Waals surface area (Å²) in [5.41, 5.74) is -0.529. The summed E-state index contributed by atoms with van der Waals surface area (Å²) in [6.45, 7) is 5.96. The molecule has 1 saturated carbocycles. The molecule has 0 aromatic carbocycles. The van der Waals surface area contributed by atoms with Crippen molar-refractivity contribution in [2.75, 3.05) is 0 Å². The minimum Gasteiger partial charge on any atom is -0.481 e. The summed E-state index contributed by atoms with van der Waals surface area (Å²) in [6.07, 6.45) is 5.88. The van der Waals surface area contributed by atoms with Crippen molar-refractivity contribution < 1.29 is 9.90 Å². The summed E-state index contributed by atoms with van der Waals surface area (Å²) in [6, 6.07) is 0. The van der Waals surface area contributed by atoms with Crippen LogP contribution in [0.4, 0.5) is 0 Å². The lowest BCUT2D eigenvalue weighted by Crippen LogP contribution is -2.35. The van der Waals surface area contributed by atoms with Gasteiger partial charge in [0.15, 0.2) is 0 Å². The van der Waals surface area contributed by atoms with E-state index in [1.165, 1.54) is 19.3 Å². The molecule has 0 radical (unpaired) electrons. The fourth-order valence-corrected chi connectivity index (χ4v) is 2.47. The summed E-state index contributed by atoms with van der Waals surface area (Å²) in [5, 5.41) is 9.12. The Balaban J connectivity index is 2.53. The van der Waals surface area contributed by atoms with Crippen molar-refractivity contribution in [1.82, 2.24) is 0 Å². The maximum atomic E-state index is 11.1. The highest BCUT2D eigenvalue weighted by atomic mass is 16.4. The lowest BCUT2D eigenvalue weighted by atomic mass is 9.68. The topological polar surface area (TPSA) is 37.3 Å². The van der Waals surface area contributed by atoms with Crippen LogP contribution in [0.1, 0.15) is 52.9 Å². The third-order valence-electron chi connectivity index (χ3n) is 4.00. The van der Waals surface area contributed by atoms with E-state index in [-0.39, 0.29) is 0 Å². The highest BCUT2D eigenvalue weighted by Crippen LogP contribution is 2.41. The molecule has 1 aliphatic rings. The fraction of sp³-hybridized carbons (Fsp3) is 0.917. The Morgan fingerprint density at radius 3 is 2.14 bits per heavy atom. The van der Waals surface area contributed by atoms with Gasteiger partial charge in [0, 0.05) is 0 Å². The Kier molecular flexibility index (Phi) is 3.57. The molecule has 0 saturated heterocycles. The second kappa shape index (κ2) is 4.33. The minimum atomic E-state index is -0.641. The summed E-state index contributed by atoms with van der Waals surface area (Å²) in [4.78, 5) is 11.1. The monoisotopic (exact) mass is 198 g/mol. The largest absolute Gasteiger partial charge is 0.481 e. The van der Waals surface area contributed by atoms with Crippen molar-refractivity contribution in [3.63, 3.8) is 0 Å².